The van der Waals surface area contributed by atoms with Gasteiger partial charge in [0.2, 0.25) is 5.91 Å². The maximum Gasteiger partial charge on any atom is 0.307 e. The molecule has 0 aliphatic heterocycles. The zero-order valence-electron chi connectivity index (χ0n) is 10.8. The summed E-state index contributed by atoms with van der Waals surface area (Å²) in [5, 5.41) is 17.7. The van der Waals surface area contributed by atoms with E-state index in [9.17, 15) is 9.59 Å². The maximum absolute atomic E-state index is 12.3. The van der Waals surface area contributed by atoms with Gasteiger partial charge in [0.15, 0.2) is 0 Å². The largest absolute Gasteiger partial charge is 0.481 e. The molecule has 100 valence electrons. The highest BCUT2D eigenvalue weighted by Gasteiger charge is 2.37. The molecule has 0 spiro atoms. The van der Waals surface area contributed by atoms with Gasteiger partial charge in [-0.3, -0.25) is 9.59 Å². The quantitative estimate of drug-likeness (QED) is 0.806. The molecular weight excluding hydrogens is 232 g/mol. The average Bonchev–Trinajstić information content (AvgIpc) is 2.39. The van der Waals surface area contributed by atoms with Crippen molar-refractivity contribution in [1.82, 2.24) is 4.90 Å². The molecular formula is C13H20N2O3. The van der Waals surface area contributed by atoms with Gasteiger partial charge in [-0.05, 0) is 19.8 Å². The van der Waals surface area contributed by atoms with Gasteiger partial charge in [-0.15, -0.1) is 0 Å². The molecule has 0 bridgehead atoms. The molecule has 0 aromatic rings. The van der Waals surface area contributed by atoms with E-state index in [0.717, 1.165) is 12.8 Å². The minimum atomic E-state index is -0.871. The molecule has 0 unspecified atom stereocenters. The van der Waals surface area contributed by atoms with Crippen molar-refractivity contribution >= 4 is 11.9 Å². The minimum Gasteiger partial charge on any atom is -0.481 e. The fourth-order valence-electron chi connectivity index (χ4n) is 2.57. The summed E-state index contributed by atoms with van der Waals surface area (Å²) < 4.78 is 0. The lowest BCUT2D eigenvalue weighted by Crippen LogP contribution is -2.42. The van der Waals surface area contributed by atoms with Gasteiger partial charge in [0.1, 0.15) is 0 Å². The molecule has 0 aromatic heterocycles. The Bertz CT molecular complexity index is 349. The SMILES string of the molecule is CCN(CCC#N)C(=O)[C@@H]1CCCC[C@@H]1C(=O)O. The zero-order valence-corrected chi connectivity index (χ0v) is 10.8. The molecule has 2 atom stereocenters. The second-order valence-corrected chi connectivity index (χ2v) is 4.66. The van der Waals surface area contributed by atoms with Crippen LogP contribution in [-0.2, 0) is 9.59 Å². The molecule has 1 aliphatic rings. The van der Waals surface area contributed by atoms with Crippen LogP contribution < -0.4 is 0 Å². The van der Waals surface area contributed by atoms with Crippen molar-refractivity contribution in [3.8, 4) is 6.07 Å². The summed E-state index contributed by atoms with van der Waals surface area (Å²) in [6.07, 6.45) is 3.32. The van der Waals surface area contributed by atoms with Gasteiger partial charge in [0.05, 0.1) is 24.3 Å². The van der Waals surface area contributed by atoms with Crippen molar-refractivity contribution in [1.29, 1.82) is 5.26 Å². The number of aliphatic carboxylic acids is 1. The second-order valence-electron chi connectivity index (χ2n) is 4.66. The van der Waals surface area contributed by atoms with Crippen LogP contribution in [0, 0.1) is 23.2 Å². The maximum atomic E-state index is 12.3. The summed E-state index contributed by atoms with van der Waals surface area (Å²) in [7, 11) is 0. The van der Waals surface area contributed by atoms with Crippen LogP contribution in [0.1, 0.15) is 39.0 Å². The van der Waals surface area contributed by atoms with Crippen LogP contribution >= 0.6 is 0 Å². The van der Waals surface area contributed by atoms with E-state index in [1.165, 1.54) is 0 Å². The smallest absolute Gasteiger partial charge is 0.307 e. The van der Waals surface area contributed by atoms with Gasteiger partial charge in [-0.1, -0.05) is 12.8 Å². The lowest BCUT2D eigenvalue weighted by Gasteiger charge is -2.32. The highest BCUT2D eigenvalue weighted by atomic mass is 16.4. The Balaban J connectivity index is 2.72. The molecule has 1 saturated carbocycles. The molecule has 5 nitrogen and oxygen atoms in total. The normalized spacial score (nSPS) is 23.1. The first-order valence-corrected chi connectivity index (χ1v) is 6.50. The number of nitriles is 1. The van der Waals surface area contributed by atoms with Crippen LogP contribution in [0.4, 0.5) is 0 Å². The number of carboxylic acids is 1. The van der Waals surface area contributed by atoms with Gasteiger partial charge in [0.25, 0.3) is 0 Å². The molecule has 18 heavy (non-hydrogen) atoms. The summed E-state index contributed by atoms with van der Waals surface area (Å²) >= 11 is 0. The first-order valence-electron chi connectivity index (χ1n) is 6.50. The third-order valence-electron chi connectivity index (χ3n) is 3.59. The van der Waals surface area contributed by atoms with Gasteiger partial charge in [0, 0.05) is 13.1 Å². The van der Waals surface area contributed by atoms with E-state index in [1.54, 1.807) is 4.90 Å². The molecule has 1 amide bonds. The molecule has 1 fully saturated rings. The van der Waals surface area contributed by atoms with Gasteiger partial charge < -0.3 is 10.0 Å². The highest BCUT2D eigenvalue weighted by molar-refractivity contribution is 5.85. The Morgan fingerprint density at radius 3 is 2.44 bits per heavy atom. The molecule has 0 radical (unpaired) electrons. The topological polar surface area (TPSA) is 81.4 Å². The Labute approximate surface area is 107 Å². The van der Waals surface area contributed by atoms with E-state index in [0.29, 0.717) is 32.4 Å². The number of rotatable bonds is 5. The van der Waals surface area contributed by atoms with E-state index in [-0.39, 0.29) is 5.91 Å². The standard InChI is InChI=1S/C13H20N2O3/c1-2-15(9-5-8-14)12(16)10-6-3-4-7-11(10)13(17)18/h10-11H,2-7,9H2,1H3,(H,17,18)/t10-,11+/m1/s1. The van der Waals surface area contributed by atoms with Gasteiger partial charge >= 0.3 is 5.97 Å². The third-order valence-corrected chi connectivity index (χ3v) is 3.59. The minimum absolute atomic E-state index is 0.0974. The molecule has 1 aliphatic carbocycles. The number of hydrogen-bond acceptors (Lipinski definition) is 3. The Hall–Kier alpha value is -1.57. The summed E-state index contributed by atoms with van der Waals surface area (Å²) in [4.78, 5) is 25.1. The Kier molecular flexibility index (Phi) is 5.63. The van der Waals surface area contributed by atoms with E-state index in [2.05, 4.69) is 0 Å². The predicted molar refractivity (Wildman–Crippen MR) is 65.6 cm³/mol. The lowest BCUT2D eigenvalue weighted by molar-refractivity contribution is -0.152. The van der Waals surface area contributed by atoms with E-state index < -0.39 is 17.8 Å². The molecule has 0 aromatic carbocycles. The van der Waals surface area contributed by atoms with Crippen LogP contribution in [-0.4, -0.2) is 35.0 Å². The average molecular weight is 252 g/mol. The van der Waals surface area contributed by atoms with Gasteiger partial charge in [-0.2, -0.15) is 5.26 Å². The number of carbonyl (C=O) groups excluding carboxylic acids is 1. The fourth-order valence-corrected chi connectivity index (χ4v) is 2.57. The molecule has 0 heterocycles. The molecule has 5 heteroatoms. The van der Waals surface area contributed by atoms with Crippen molar-refractivity contribution in [2.24, 2.45) is 11.8 Å². The number of hydrogen-bond donors (Lipinski definition) is 1. The second kappa shape index (κ2) is 7.00. The Morgan fingerprint density at radius 2 is 1.94 bits per heavy atom. The summed E-state index contributed by atoms with van der Waals surface area (Å²) in [5.74, 6) is -1.93. The van der Waals surface area contributed by atoms with Crippen LogP contribution in [0.15, 0.2) is 0 Å². The van der Waals surface area contributed by atoms with Crippen LogP contribution in [0.25, 0.3) is 0 Å². The van der Waals surface area contributed by atoms with E-state index in [1.807, 2.05) is 13.0 Å². The fraction of sp³-hybridized carbons (Fsp3) is 0.769. The van der Waals surface area contributed by atoms with Crippen LogP contribution in [0.5, 0.6) is 0 Å². The number of nitrogens with zero attached hydrogens (tertiary/aromatic N) is 2. The number of amides is 1. The van der Waals surface area contributed by atoms with Crippen molar-refractivity contribution < 1.29 is 14.7 Å². The molecule has 0 saturated heterocycles. The van der Waals surface area contributed by atoms with Gasteiger partial charge in [-0.25, -0.2) is 0 Å². The number of carboxylic acid groups (broad SMARTS) is 1. The zero-order chi connectivity index (χ0) is 13.5. The summed E-state index contributed by atoms with van der Waals surface area (Å²) in [6, 6.07) is 2.01. The number of carbonyl (C=O) groups is 2. The predicted octanol–water partition coefficient (Wildman–Crippen LogP) is 1.64. The summed E-state index contributed by atoms with van der Waals surface area (Å²) in [6.45, 7) is 2.78. The molecule has 1 N–H and O–H groups in total. The monoisotopic (exact) mass is 252 g/mol. The van der Waals surface area contributed by atoms with E-state index in [4.69, 9.17) is 10.4 Å². The Morgan fingerprint density at radius 1 is 1.33 bits per heavy atom. The van der Waals surface area contributed by atoms with Crippen molar-refractivity contribution in [2.75, 3.05) is 13.1 Å². The van der Waals surface area contributed by atoms with Crippen molar-refractivity contribution in [3.05, 3.63) is 0 Å². The van der Waals surface area contributed by atoms with Crippen LogP contribution in [0.3, 0.4) is 0 Å². The van der Waals surface area contributed by atoms with E-state index >= 15 is 0 Å². The summed E-state index contributed by atoms with van der Waals surface area (Å²) in [5.41, 5.74) is 0. The lowest BCUT2D eigenvalue weighted by atomic mass is 9.78. The molecule has 1 rings (SSSR count). The third kappa shape index (κ3) is 3.46. The van der Waals surface area contributed by atoms with Crippen LogP contribution in [0.2, 0.25) is 0 Å². The first-order chi connectivity index (χ1) is 8.61. The highest BCUT2D eigenvalue weighted by Crippen LogP contribution is 2.31. The van der Waals surface area contributed by atoms with Crippen molar-refractivity contribution in [3.63, 3.8) is 0 Å². The van der Waals surface area contributed by atoms with Crippen molar-refractivity contribution in [2.45, 2.75) is 39.0 Å². The first kappa shape index (κ1) is 14.5.